The smallest absolute Gasteiger partial charge is 0.253 e. The van der Waals surface area contributed by atoms with Crippen LogP contribution in [-0.2, 0) is 6.54 Å². The Bertz CT molecular complexity index is 925. The van der Waals surface area contributed by atoms with Crippen LogP contribution in [0, 0.1) is 0 Å². The first-order chi connectivity index (χ1) is 13.3. The second-order valence-electron chi connectivity index (χ2n) is 7.31. The van der Waals surface area contributed by atoms with E-state index in [2.05, 4.69) is 27.7 Å². The van der Waals surface area contributed by atoms with Crippen LogP contribution in [0.3, 0.4) is 0 Å². The highest BCUT2D eigenvalue weighted by atomic mass is 16.2. The molecule has 5 nitrogen and oxygen atoms in total. The van der Waals surface area contributed by atoms with Crippen LogP contribution in [-0.4, -0.2) is 38.4 Å². The van der Waals surface area contributed by atoms with Crippen molar-refractivity contribution in [1.82, 2.24) is 19.4 Å². The molecule has 0 bridgehead atoms. The van der Waals surface area contributed by atoms with Gasteiger partial charge in [-0.15, -0.1) is 0 Å². The summed E-state index contributed by atoms with van der Waals surface area (Å²) in [6.07, 6.45) is 10.1. The average Bonchev–Trinajstić information content (AvgIpc) is 3.20. The molecule has 140 valence electrons. The number of hydrogen-bond donors (Lipinski definition) is 0. The monoisotopic (exact) mass is 362 g/mol. The van der Waals surface area contributed by atoms with Crippen molar-refractivity contribution < 1.29 is 4.79 Å². The van der Waals surface area contributed by atoms with Gasteiger partial charge in [0.25, 0.3) is 5.91 Å². The summed E-state index contributed by atoms with van der Waals surface area (Å²) >= 11 is 0. The lowest BCUT2D eigenvalue weighted by atomic mass is 9.95. The van der Waals surface area contributed by atoms with Gasteiger partial charge in [-0.05, 0) is 43.5 Å². The third-order valence-electron chi connectivity index (χ3n) is 5.50. The lowest BCUT2D eigenvalue weighted by Crippen LogP contribution is -2.38. The highest BCUT2D eigenvalue weighted by Gasteiger charge is 2.27. The fourth-order valence-corrected chi connectivity index (χ4v) is 3.93. The number of rotatable bonds is 5. The molecule has 3 heterocycles. The summed E-state index contributed by atoms with van der Waals surface area (Å²) in [7, 11) is 0. The number of amides is 1. The first-order valence-corrected chi connectivity index (χ1v) is 9.91. The number of unbranched alkanes of at least 4 members (excludes halogenated alkanes) is 1. The van der Waals surface area contributed by atoms with Gasteiger partial charge >= 0.3 is 0 Å². The molecule has 27 heavy (non-hydrogen) atoms. The number of carbonyl (C=O) groups is 1. The predicted octanol–water partition coefficient (Wildman–Crippen LogP) is 4.25. The van der Waals surface area contributed by atoms with E-state index in [1.54, 1.807) is 6.20 Å². The first-order valence-electron chi connectivity index (χ1n) is 9.91. The largest absolute Gasteiger partial charge is 0.339 e. The zero-order chi connectivity index (χ0) is 18.6. The van der Waals surface area contributed by atoms with Gasteiger partial charge in [0.05, 0.1) is 5.52 Å². The molecule has 3 aromatic rings. The molecule has 1 aliphatic rings. The molecule has 1 amide bonds. The molecule has 0 N–H and O–H groups in total. The van der Waals surface area contributed by atoms with Crippen LogP contribution < -0.4 is 0 Å². The van der Waals surface area contributed by atoms with Gasteiger partial charge in [-0.3, -0.25) is 9.78 Å². The summed E-state index contributed by atoms with van der Waals surface area (Å²) in [6, 6.07) is 9.68. The second kappa shape index (κ2) is 7.91. The zero-order valence-corrected chi connectivity index (χ0v) is 15.8. The number of piperidine rings is 1. The summed E-state index contributed by atoms with van der Waals surface area (Å²) in [6.45, 7) is 4.82. The lowest BCUT2D eigenvalue weighted by Gasteiger charge is -2.32. The van der Waals surface area contributed by atoms with Gasteiger partial charge in [-0.2, -0.15) is 0 Å². The number of pyridine rings is 1. The molecule has 2 aromatic heterocycles. The van der Waals surface area contributed by atoms with Gasteiger partial charge < -0.3 is 9.47 Å². The Hall–Kier alpha value is -2.69. The van der Waals surface area contributed by atoms with Gasteiger partial charge in [0.15, 0.2) is 0 Å². The van der Waals surface area contributed by atoms with Gasteiger partial charge in [-0.25, -0.2) is 4.98 Å². The maximum absolute atomic E-state index is 12.9. The van der Waals surface area contributed by atoms with Crippen molar-refractivity contribution in [2.75, 3.05) is 13.1 Å². The van der Waals surface area contributed by atoms with Crippen molar-refractivity contribution in [2.24, 2.45) is 0 Å². The van der Waals surface area contributed by atoms with E-state index in [-0.39, 0.29) is 5.91 Å². The molecule has 1 fully saturated rings. The number of benzene rings is 1. The summed E-state index contributed by atoms with van der Waals surface area (Å²) in [5.41, 5.74) is 1.67. The molecule has 0 atom stereocenters. The van der Waals surface area contributed by atoms with Crippen molar-refractivity contribution in [3.8, 4) is 0 Å². The molecular formula is C22H26N4O. The Morgan fingerprint density at radius 1 is 1.15 bits per heavy atom. The summed E-state index contributed by atoms with van der Waals surface area (Å²) < 4.78 is 2.29. The van der Waals surface area contributed by atoms with Crippen molar-refractivity contribution >= 4 is 16.8 Å². The second-order valence-corrected chi connectivity index (χ2v) is 7.31. The molecule has 0 aliphatic carbocycles. The van der Waals surface area contributed by atoms with Crippen LogP contribution in [0.15, 0.2) is 48.9 Å². The fraction of sp³-hybridized carbons (Fsp3) is 0.409. The third-order valence-corrected chi connectivity index (χ3v) is 5.50. The number of imidazole rings is 1. The Morgan fingerprint density at radius 3 is 2.81 bits per heavy atom. The fourth-order valence-electron chi connectivity index (χ4n) is 3.93. The highest BCUT2D eigenvalue weighted by molar-refractivity contribution is 5.98. The number of likely N-dealkylation sites (tertiary alicyclic amines) is 1. The Kier molecular flexibility index (Phi) is 5.19. The van der Waals surface area contributed by atoms with E-state index >= 15 is 0 Å². The third kappa shape index (κ3) is 3.72. The maximum Gasteiger partial charge on any atom is 0.253 e. The van der Waals surface area contributed by atoms with Crippen LogP contribution >= 0.6 is 0 Å². The minimum Gasteiger partial charge on any atom is -0.339 e. The molecule has 1 saturated heterocycles. The molecule has 0 unspecified atom stereocenters. The van der Waals surface area contributed by atoms with Crippen LogP contribution in [0.1, 0.15) is 54.7 Å². The molecule has 0 saturated carbocycles. The normalized spacial score (nSPS) is 15.4. The lowest BCUT2D eigenvalue weighted by molar-refractivity contribution is 0.0710. The van der Waals surface area contributed by atoms with Crippen LogP contribution in [0.5, 0.6) is 0 Å². The molecule has 4 rings (SSSR count). The Morgan fingerprint density at radius 2 is 2.00 bits per heavy atom. The van der Waals surface area contributed by atoms with Gasteiger partial charge in [0.1, 0.15) is 5.82 Å². The summed E-state index contributed by atoms with van der Waals surface area (Å²) in [5.74, 6) is 1.75. The van der Waals surface area contributed by atoms with Gasteiger partial charge in [0, 0.05) is 55.1 Å². The summed E-state index contributed by atoms with van der Waals surface area (Å²) in [5, 5.41) is 1.01. The molecule has 0 radical (unpaired) electrons. The van der Waals surface area contributed by atoms with Crippen LogP contribution in [0.2, 0.25) is 0 Å². The van der Waals surface area contributed by atoms with Crippen molar-refractivity contribution in [2.45, 2.75) is 45.1 Å². The molecule has 5 heteroatoms. The van der Waals surface area contributed by atoms with Gasteiger partial charge in [0.2, 0.25) is 0 Å². The van der Waals surface area contributed by atoms with Crippen LogP contribution in [0.25, 0.3) is 10.9 Å². The topological polar surface area (TPSA) is 51.0 Å². The SMILES string of the molecule is CCCCn1ccnc1C1CCN(C(=O)c2ccc3ncccc3c2)CC1. The predicted molar refractivity (Wildman–Crippen MR) is 107 cm³/mol. The van der Waals surface area contributed by atoms with Crippen LogP contribution in [0.4, 0.5) is 0 Å². The van der Waals surface area contributed by atoms with Crippen molar-refractivity contribution in [1.29, 1.82) is 0 Å². The zero-order valence-electron chi connectivity index (χ0n) is 15.8. The van der Waals surface area contributed by atoms with E-state index in [0.717, 1.165) is 48.9 Å². The number of nitrogens with zero attached hydrogens (tertiary/aromatic N) is 4. The highest BCUT2D eigenvalue weighted by Crippen LogP contribution is 2.28. The standard InChI is InChI=1S/C22H26N4O/c1-2-3-12-25-15-11-24-21(25)17-8-13-26(14-9-17)22(27)19-6-7-20-18(16-19)5-4-10-23-20/h4-7,10-11,15-17H,2-3,8-9,12-14H2,1H3. The number of aryl methyl sites for hydroxylation is 1. The van der Waals surface area contributed by atoms with E-state index in [0.29, 0.717) is 5.92 Å². The number of aromatic nitrogens is 3. The Balaban J connectivity index is 1.42. The minimum absolute atomic E-state index is 0.119. The molecular weight excluding hydrogens is 336 g/mol. The first kappa shape index (κ1) is 17.7. The number of hydrogen-bond acceptors (Lipinski definition) is 3. The van der Waals surface area contributed by atoms with E-state index in [4.69, 9.17) is 0 Å². The quantitative estimate of drug-likeness (QED) is 0.682. The maximum atomic E-state index is 12.9. The summed E-state index contributed by atoms with van der Waals surface area (Å²) in [4.78, 5) is 23.8. The average molecular weight is 362 g/mol. The van der Waals surface area contributed by atoms with E-state index in [1.807, 2.05) is 41.4 Å². The molecule has 0 spiro atoms. The minimum atomic E-state index is 0.119. The van der Waals surface area contributed by atoms with E-state index < -0.39 is 0 Å². The number of fused-ring (bicyclic) bond motifs is 1. The Labute approximate surface area is 160 Å². The number of carbonyl (C=O) groups excluding carboxylic acids is 1. The molecule has 1 aliphatic heterocycles. The van der Waals surface area contributed by atoms with E-state index in [9.17, 15) is 4.79 Å². The van der Waals surface area contributed by atoms with Gasteiger partial charge in [-0.1, -0.05) is 19.4 Å². The van der Waals surface area contributed by atoms with E-state index in [1.165, 1.54) is 18.7 Å². The van der Waals surface area contributed by atoms with Crippen molar-refractivity contribution in [3.63, 3.8) is 0 Å². The van der Waals surface area contributed by atoms with Crippen molar-refractivity contribution in [3.05, 3.63) is 60.3 Å². The molecule has 1 aromatic carbocycles.